The highest BCUT2D eigenvalue weighted by molar-refractivity contribution is 14.1. The molecular formula is C12H17IN2O. The Morgan fingerprint density at radius 1 is 1.19 bits per heavy atom. The smallest absolute Gasteiger partial charge is 0.125 e. The molecule has 1 saturated heterocycles. The maximum Gasteiger partial charge on any atom is 0.125 e. The van der Waals surface area contributed by atoms with Crippen molar-refractivity contribution in [2.45, 2.75) is 6.10 Å². The summed E-state index contributed by atoms with van der Waals surface area (Å²) in [4.78, 5) is 2.33. The molecule has 0 bridgehead atoms. The number of likely N-dealkylation sites (N-methyl/N-ethyl adjacent to an activating group) is 1. The van der Waals surface area contributed by atoms with Crippen LogP contribution < -0.4 is 4.74 Å². The first kappa shape index (κ1) is 12.1. The quantitative estimate of drug-likeness (QED) is 0.609. The van der Waals surface area contributed by atoms with E-state index in [-0.39, 0.29) is 6.10 Å². The van der Waals surface area contributed by atoms with Crippen molar-refractivity contribution >= 4 is 22.9 Å². The van der Waals surface area contributed by atoms with Gasteiger partial charge in [0.05, 0.1) is 0 Å². The summed E-state index contributed by atoms with van der Waals surface area (Å²) < 4.78 is 8.29. The maximum absolute atomic E-state index is 5.99. The Hall–Kier alpha value is -0.330. The summed E-state index contributed by atoms with van der Waals surface area (Å²) in [6.45, 7) is 4.19. The molecule has 16 heavy (non-hydrogen) atoms. The standard InChI is InChI=1S/C12H17IN2O/c1-14-7-8-15(13)10-12(9-14)16-11-5-3-2-4-6-11/h2-6,12H,7-10H2,1H3. The minimum atomic E-state index is 0.256. The van der Waals surface area contributed by atoms with Crippen molar-refractivity contribution in [3.05, 3.63) is 30.3 Å². The van der Waals surface area contributed by atoms with Crippen LogP contribution in [0.25, 0.3) is 0 Å². The molecule has 88 valence electrons. The topological polar surface area (TPSA) is 15.7 Å². The van der Waals surface area contributed by atoms with Crippen LogP contribution >= 0.6 is 22.9 Å². The van der Waals surface area contributed by atoms with Gasteiger partial charge >= 0.3 is 0 Å². The number of nitrogens with zero attached hydrogens (tertiary/aromatic N) is 2. The van der Waals surface area contributed by atoms with E-state index in [1.165, 1.54) is 0 Å². The second kappa shape index (κ2) is 5.84. The molecule has 0 radical (unpaired) electrons. The van der Waals surface area contributed by atoms with E-state index in [2.05, 4.69) is 37.9 Å². The van der Waals surface area contributed by atoms with E-state index in [0.29, 0.717) is 0 Å². The molecule has 0 saturated carbocycles. The molecule has 0 aromatic heterocycles. The van der Waals surface area contributed by atoms with Crippen molar-refractivity contribution in [3.63, 3.8) is 0 Å². The lowest BCUT2D eigenvalue weighted by atomic mass is 10.3. The summed E-state index contributed by atoms with van der Waals surface area (Å²) in [6.07, 6.45) is 0.256. The number of ether oxygens (including phenoxy) is 1. The SMILES string of the molecule is CN1CCN(I)CC(Oc2ccccc2)C1. The van der Waals surface area contributed by atoms with Crippen LogP contribution in [0.1, 0.15) is 0 Å². The molecular weight excluding hydrogens is 315 g/mol. The zero-order chi connectivity index (χ0) is 11.4. The zero-order valence-electron chi connectivity index (χ0n) is 9.47. The Morgan fingerprint density at radius 2 is 1.94 bits per heavy atom. The summed E-state index contributed by atoms with van der Waals surface area (Å²) in [5, 5.41) is 0. The molecule has 1 heterocycles. The Labute approximate surface area is 111 Å². The predicted molar refractivity (Wildman–Crippen MR) is 73.9 cm³/mol. The molecule has 1 aromatic carbocycles. The highest BCUT2D eigenvalue weighted by Crippen LogP contribution is 2.15. The molecule has 1 fully saturated rings. The first-order valence-electron chi connectivity index (χ1n) is 5.55. The van der Waals surface area contributed by atoms with E-state index in [4.69, 9.17) is 4.74 Å². The minimum Gasteiger partial charge on any atom is -0.488 e. The first-order valence-corrected chi connectivity index (χ1v) is 6.51. The van der Waals surface area contributed by atoms with Crippen LogP contribution in [0.5, 0.6) is 5.75 Å². The van der Waals surface area contributed by atoms with Crippen LogP contribution in [-0.4, -0.2) is 47.3 Å². The van der Waals surface area contributed by atoms with Gasteiger partial charge in [-0.15, -0.1) is 0 Å². The number of para-hydroxylation sites is 1. The van der Waals surface area contributed by atoms with Gasteiger partial charge in [-0.2, -0.15) is 0 Å². The summed E-state index contributed by atoms with van der Waals surface area (Å²) >= 11 is 2.38. The Kier molecular flexibility index (Phi) is 4.43. The largest absolute Gasteiger partial charge is 0.488 e. The summed E-state index contributed by atoms with van der Waals surface area (Å²) in [5.74, 6) is 0.965. The van der Waals surface area contributed by atoms with E-state index in [1.807, 2.05) is 30.3 Å². The monoisotopic (exact) mass is 332 g/mol. The van der Waals surface area contributed by atoms with Crippen LogP contribution in [0.15, 0.2) is 30.3 Å². The fourth-order valence-corrected chi connectivity index (χ4v) is 2.51. The van der Waals surface area contributed by atoms with Crippen LogP contribution in [0.3, 0.4) is 0 Å². The number of benzene rings is 1. The first-order chi connectivity index (χ1) is 7.74. The third kappa shape index (κ3) is 3.61. The third-order valence-corrected chi connectivity index (χ3v) is 3.56. The van der Waals surface area contributed by atoms with E-state index in [1.54, 1.807) is 0 Å². The van der Waals surface area contributed by atoms with Crippen molar-refractivity contribution in [1.29, 1.82) is 0 Å². The number of rotatable bonds is 2. The van der Waals surface area contributed by atoms with E-state index in [9.17, 15) is 0 Å². The molecule has 4 heteroatoms. The average molecular weight is 332 g/mol. The lowest BCUT2D eigenvalue weighted by molar-refractivity contribution is 0.159. The molecule has 1 atom stereocenters. The Balaban J connectivity index is 1.97. The third-order valence-electron chi connectivity index (χ3n) is 2.69. The Bertz CT molecular complexity index is 308. The van der Waals surface area contributed by atoms with Crippen molar-refractivity contribution in [1.82, 2.24) is 8.01 Å². The zero-order valence-corrected chi connectivity index (χ0v) is 11.6. The van der Waals surface area contributed by atoms with Gasteiger partial charge < -0.3 is 9.64 Å². The van der Waals surface area contributed by atoms with Crippen LogP contribution in [-0.2, 0) is 0 Å². The molecule has 1 aliphatic rings. The fraction of sp³-hybridized carbons (Fsp3) is 0.500. The van der Waals surface area contributed by atoms with Crippen LogP contribution in [0, 0.1) is 0 Å². The van der Waals surface area contributed by atoms with Gasteiger partial charge in [-0.1, -0.05) is 18.2 Å². The molecule has 3 nitrogen and oxygen atoms in total. The van der Waals surface area contributed by atoms with Gasteiger partial charge in [-0.05, 0) is 19.2 Å². The van der Waals surface area contributed by atoms with Gasteiger partial charge in [0.1, 0.15) is 11.9 Å². The van der Waals surface area contributed by atoms with Gasteiger partial charge in [0.15, 0.2) is 0 Å². The molecule has 1 unspecified atom stereocenters. The highest BCUT2D eigenvalue weighted by atomic mass is 127. The van der Waals surface area contributed by atoms with Gasteiger partial charge in [0.2, 0.25) is 0 Å². The minimum absolute atomic E-state index is 0.256. The van der Waals surface area contributed by atoms with Crippen molar-refractivity contribution in [2.24, 2.45) is 0 Å². The lowest BCUT2D eigenvalue weighted by Crippen LogP contribution is -2.34. The van der Waals surface area contributed by atoms with E-state index in [0.717, 1.165) is 31.9 Å². The molecule has 1 aromatic rings. The highest BCUT2D eigenvalue weighted by Gasteiger charge is 2.20. The molecule has 0 spiro atoms. The van der Waals surface area contributed by atoms with E-state index < -0.39 is 0 Å². The van der Waals surface area contributed by atoms with Crippen molar-refractivity contribution in [3.8, 4) is 5.75 Å². The average Bonchev–Trinajstić information content (AvgIpc) is 2.42. The summed E-state index contributed by atoms with van der Waals surface area (Å²) in [7, 11) is 2.15. The number of halogens is 1. The summed E-state index contributed by atoms with van der Waals surface area (Å²) in [5.41, 5.74) is 0. The lowest BCUT2D eigenvalue weighted by Gasteiger charge is -2.21. The molecule has 2 rings (SSSR count). The summed E-state index contributed by atoms with van der Waals surface area (Å²) in [6, 6.07) is 10.1. The Morgan fingerprint density at radius 3 is 2.69 bits per heavy atom. The fourth-order valence-electron chi connectivity index (χ4n) is 1.85. The van der Waals surface area contributed by atoms with Crippen LogP contribution in [0.4, 0.5) is 0 Å². The number of hydrogen-bond donors (Lipinski definition) is 0. The number of hydrogen-bond acceptors (Lipinski definition) is 3. The normalized spacial score (nSPS) is 24.0. The van der Waals surface area contributed by atoms with Gasteiger partial charge in [0, 0.05) is 49.0 Å². The molecule has 0 N–H and O–H groups in total. The predicted octanol–water partition coefficient (Wildman–Crippen LogP) is 2.03. The van der Waals surface area contributed by atoms with Gasteiger partial charge in [-0.25, -0.2) is 3.11 Å². The molecule has 0 aliphatic carbocycles. The second-order valence-corrected chi connectivity index (χ2v) is 5.55. The second-order valence-electron chi connectivity index (χ2n) is 4.18. The molecule has 1 aliphatic heterocycles. The van der Waals surface area contributed by atoms with E-state index >= 15 is 0 Å². The molecule has 0 amide bonds. The van der Waals surface area contributed by atoms with Crippen molar-refractivity contribution < 1.29 is 4.74 Å². The van der Waals surface area contributed by atoms with Crippen LogP contribution in [0.2, 0.25) is 0 Å². The maximum atomic E-state index is 5.99. The van der Waals surface area contributed by atoms with Gasteiger partial charge in [0.25, 0.3) is 0 Å². The van der Waals surface area contributed by atoms with Crippen molar-refractivity contribution in [2.75, 3.05) is 33.2 Å². The van der Waals surface area contributed by atoms with Gasteiger partial charge in [-0.3, -0.25) is 0 Å².